The summed E-state index contributed by atoms with van der Waals surface area (Å²) in [6.45, 7) is 7.53. The third kappa shape index (κ3) is 8.23. The molecular weight excluding hydrogens is 370 g/mol. The summed E-state index contributed by atoms with van der Waals surface area (Å²) in [4.78, 5) is 24.3. The summed E-state index contributed by atoms with van der Waals surface area (Å²) in [5.74, 6) is 0.390. The van der Waals surface area contributed by atoms with E-state index in [0.717, 1.165) is 5.75 Å². The minimum atomic E-state index is -0.188. The first-order chi connectivity index (χ1) is 14.0. The second-order valence-electron chi connectivity index (χ2n) is 6.68. The van der Waals surface area contributed by atoms with Gasteiger partial charge in [-0.1, -0.05) is 6.07 Å². The SMILES string of the molecule is CCOCCOc1ccc(NC(=O)CNc2cccc(C(=O)NC(C)C)c2)cc1. The van der Waals surface area contributed by atoms with E-state index in [9.17, 15) is 9.59 Å². The molecule has 0 aliphatic heterocycles. The van der Waals surface area contributed by atoms with Crippen molar-refractivity contribution in [1.82, 2.24) is 5.32 Å². The number of rotatable bonds is 11. The molecule has 0 fully saturated rings. The Labute approximate surface area is 171 Å². The number of ether oxygens (including phenoxy) is 2. The van der Waals surface area contributed by atoms with E-state index in [0.29, 0.717) is 36.8 Å². The largest absolute Gasteiger partial charge is 0.491 e. The quantitative estimate of drug-likeness (QED) is 0.505. The second-order valence-corrected chi connectivity index (χ2v) is 6.68. The third-order valence-electron chi connectivity index (χ3n) is 3.84. The molecule has 0 spiro atoms. The number of anilines is 2. The van der Waals surface area contributed by atoms with Gasteiger partial charge in [0.05, 0.1) is 13.2 Å². The average molecular weight is 399 g/mol. The Morgan fingerprint density at radius 3 is 2.45 bits per heavy atom. The van der Waals surface area contributed by atoms with Crippen LogP contribution in [-0.2, 0) is 9.53 Å². The van der Waals surface area contributed by atoms with Crippen molar-refractivity contribution in [3.05, 3.63) is 54.1 Å². The first kappa shape index (κ1) is 22.2. The molecule has 0 aliphatic rings. The number of carbonyl (C=O) groups is 2. The third-order valence-corrected chi connectivity index (χ3v) is 3.84. The van der Waals surface area contributed by atoms with Crippen molar-refractivity contribution >= 4 is 23.2 Å². The summed E-state index contributed by atoms with van der Waals surface area (Å²) in [5, 5.41) is 8.70. The molecule has 2 aromatic rings. The molecular formula is C22H29N3O4. The van der Waals surface area contributed by atoms with E-state index >= 15 is 0 Å². The van der Waals surface area contributed by atoms with Gasteiger partial charge < -0.3 is 25.4 Å². The molecule has 0 saturated heterocycles. The maximum atomic E-state index is 12.2. The highest BCUT2D eigenvalue weighted by Gasteiger charge is 2.08. The number of hydrogen-bond acceptors (Lipinski definition) is 5. The Morgan fingerprint density at radius 1 is 1.00 bits per heavy atom. The van der Waals surface area contributed by atoms with Crippen LogP contribution in [0.4, 0.5) is 11.4 Å². The number of benzene rings is 2. The summed E-state index contributed by atoms with van der Waals surface area (Å²) in [7, 11) is 0. The Kier molecular flexibility index (Phi) is 8.98. The van der Waals surface area contributed by atoms with Crippen LogP contribution in [0.15, 0.2) is 48.5 Å². The maximum Gasteiger partial charge on any atom is 0.251 e. The Hall–Kier alpha value is -3.06. The molecule has 7 nitrogen and oxygen atoms in total. The van der Waals surface area contributed by atoms with E-state index in [4.69, 9.17) is 9.47 Å². The van der Waals surface area contributed by atoms with E-state index in [1.54, 1.807) is 42.5 Å². The first-order valence-electron chi connectivity index (χ1n) is 9.73. The van der Waals surface area contributed by atoms with E-state index in [-0.39, 0.29) is 24.4 Å². The molecule has 0 aromatic heterocycles. The van der Waals surface area contributed by atoms with Crippen molar-refractivity contribution in [1.29, 1.82) is 0 Å². The fourth-order valence-corrected chi connectivity index (χ4v) is 2.50. The van der Waals surface area contributed by atoms with Crippen LogP contribution in [0.25, 0.3) is 0 Å². The van der Waals surface area contributed by atoms with Crippen LogP contribution in [0.3, 0.4) is 0 Å². The molecule has 0 atom stereocenters. The van der Waals surface area contributed by atoms with Crippen LogP contribution in [0.2, 0.25) is 0 Å². The summed E-state index contributed by atoms with van der Waals surface area (Å²) in [5.41, 5.74) is 1.93. The van der Waals surface area contributed by atoms with Gasteiger partial charge in [-0.25, -0.2) is 0 Å². The normalized spacial score (nSPS) is 10.5. The molecule has 156 valence electrons. The number of carbonyl (C=O) groups excluding carboxylic acids is 2. The molecule has 3 N–H and O–H groups in total. The molecule has 0 unspecified atom stereocenters. The molecule has 0 radical (unpaired) electrons. The first-order valence-corrected chi connectivity index (χ1v) is 9.73. The molecule has 7 heteroatoms. The maximum absolute atomic E-state index is 12.2. The van der Waals surface area contributed by atoms with Gasteiger partial charge in [-0.3, -0.25) is 9.59 Å². The zero-order valence-electron chi connectivity index (χ0n) is 17.2. The summed E-state index contributed by atoms with van der Waals surface area (Å²) < 4.78 is 10.8. The van der Waals surface area contributed by atoms with Gasteiger partial charge in [-0.2, -0.15) is 0 Å². The van der Waals surface area contributed by atoms with Crippen LogP contribution in [-0.4, -0.2) is 44.2 Å². The minimum Gasteiger partial charge on any atom is -0.491 e. The van der Waals surface area contributed by atoms with Crippen LogP contribution in [0, 0.1) is 0 Å². The van der Waals surface area contributed by atoms with Crippen LogP contribution < -0.4 is 20.7 Å². The number of amides is 2. The average Bonchev–Trinajstić information content (AvgIpc) is 2.70. The Morgan fingerprint density at radius 2 is 1.76 bits per heavy atom. The zero-order valence-corrected chi connectivity index (χ0v) is 17.2. The van der Waals surface area contributed by atoms with Crippen molar-refractivity contribution in [2.75, 3.05) is 37.0 Å². The van der Waals surface area contributed by atoms with Gasteiger partial charge in [0.25, 0.3) is 5.91 Å². The molecule has 0 bridgehead atoms. The van der Waals surface area contributed by atoms with E-state index < -0.39 is 0 Å². The Balaban J connectivity index is 1.80. The highest BCUT2D eigenvalue weighted by atomic mass is 16.5. The highest BCUT2D eigenvalue weighted by Crippen LogP contribution is 2.16. The van der Waals surface area contributed by atoms with Gasteiger partial charge in [-0.05, 0) is 63.2 Å². The molecule has 0 saturated carbocycles. The fourth-order valence-electron chi connectivity index (χ4n) is 2.50. The topological polar surface area (TPSA) is 88.7 Å². The van der Waals surface area contributed by atoms with E-state index in [1.165, 1.54) is 0 Å². The predicted molar refractivity (Wildman–Crippen MR) is 115 cm³/mol. The molecule has 2 amide bonds. The van der Waals surface area contributed by atoms with Crippen molar-refractivity contribution in [2.45, 2.75) is 26.8 Å². The standard InChI is InChI=1S/C22H29N3O4/c1-4-28-12-13-29-20-10-8-18(9-11-20)25-21(26)15-23-19-7-5-6-17(14-19)22(27)24-16(2)3/h5-11,14,16,23H,4,12-13,15H2,1-3H3,(H,24,27)(H,25,26). The number of nitrogens with one attached hydrogen (secondary N) is 3. The van der Waals surface area contributed by atoms with Crippen molar-refractivity contribution in [3.8, 4) is 5.75 Å². The van der Waals surface area contributed by atoms with Gasteiger partial charge >= 0.3 is 0 Å². The van der Waals surface area contributed by atoms with Crippen molar-refractivity contribution in [2.24, 2.45) is 0 Å². The molecule has 2 rings (SSSR count). The smallest absolute Gasteiger partial charge is 0.251 e. The Bertz CT molecular complexity index is 791. The summed E-state index contributed by atoms with van der Waals surface area (Å²) in [6.07, 6.45) is 0. The summed E-state index contributed by atoms with van der Waals surface area (Å²) in [6, 6.07) is 14.3. The molecule has 2 aromatic carbocycles. The summed E-state index contributed by atoms with van der Waals surface area (Å²) >= 11 is 0. The minimum absolute atomic E-state index is 0.0614. The van der Waals surface area contributed by atoms with Crippen molar-refractivity contribution < 1.29 is 19.1 Å². The van der Waals surface area contributed by atoms with Gasteiger partial charge in [0.1, 0.15) is 12.4 Å². The predicted octanol–water partition coefficient (Wildman–Crippen LogP) is 3.29. The van der Waals surface area contributed by atoms with Crippen LogP contribution >= 0.6 is 0 Å². The van der Waals surface area contributed by atoms with Crippen LogP contribution in [0.1, 0.15) is 31.1 Å². The van der Waals surface area contributed by atoms with E-state index in [1.807, 2.05) is 26.8 Å². The van der Waals surface area contributed by atoms with Gasteiger partial charge in [0.15, 0.2) is 0 Å². The van der Waals surface area contributed by atoms with Gasteiger partial charge in [0, 0.05) is 29.6 Å². The van der Waals surface area contributed by atoms with Gasteiger partial charge in [0.2, 0.25) is 5.91 Å². The van der Waals surface area contributed by atoms with E-state index in [2.05, 4.69) is 16.0 Å². The molecule has 0 aliphatic carbocycles. The highest BCUT2D eigenvalue weighted by molar-refractivity contribution is 5.96. The monoisotopic (exact) mass is 399 g/mol. The van der Waals surface area contributed by atoms with Gasteiger partial charge in [-0.15, -0.1) is 0 Å². The molecule has 0 heterocycles. The lowest BCUT2D eigenvalue weighted by atomic mass is 10.1. The lowest BCUT2D eigenvalue weighted by molar-refractivity contribution is -0.114. The van der Waals surface area contributed by atoms with Crippen LogP contribution in [0.5, 0.6) is 5.75 Å². The molecule has 29 heavy (non-hydrogen) atoms. The second kappa shape index (κ2) is 11.7. The van der Waals surface area contributed by atoms with Crippen molar-refractivity contribution in [3.63, 3.8) is 0 Å². The lowest BCUT2D eigenvalue weighted by Gasteiger charge is -2.11. The lowest BCUT2D eigenvalue weighted by Crippen LogP contribution is -2.30. The zero-order chi connectivity index (χ0) is 21.1. The fraction of sp³-hybridized carbons (Fsp3) is 0.364. The number of hydrogen-bond donors (Lipinski definition) is 3.